The Bertz CT molecular complexity index is 4860. The van der Waals surface area contributed by atoms with Crippen LogP contribution in [0, 0.1) is 13.8 Å². The van der Waals surface area contributed by atoms with Gasteiger partial charge in [0.2, 0.25) is 0 Å². The first-order valence-corrected chi connectivity index (χ1v) is 34.7. The number of carboxylic acids is 4. The molecule has 0 radical (unpaired) electrons. The minimum Gasteiger partial charge on any atom is -0.507 e. The molecule has 0 bridgehead atoms. The van der Waals surface area contributed by atoms with Crippen molar-refractivity contribution in [1.29, 1.82) is 0 Å². The van der Waals surface area contributed by atoms with E-state index in [9.17, 15) is 60.0 Å². The van der Waals surface area contributed by atoms with Crippen LogP contribution in [0.25, 0.3) is 43.1 Å². The quantitative estimate of drug-likeness (QED) is 0.0675. The number of nitrogens with zero attached hydrogens (tertiary/aromatic N) is 6. The second-order valence-corrected chi connectivity index (χ2v) is 27.9. The van der Waals surface area contributed by atoms with Gasteiger partial charge in [0, 0.05) is 97.2 Å². The molecular formula is C80H80N8O16S2. The van der Waals surface area contributed by atoms with E-state index in [0.29, 0.717) is 65.3 Å². The number of nitrogens with one attached hydrogen (secondary N) is 2. The van der Waals surface area contributed by atoms with Crippen molar-refractivity contribution in [2.45, 2.75) is 26.7 Å². The average molecular weight is 1470 g/mol. The minimum absolute atomic E-state index is 0. The van der Waals surface area contributed by atoms with Crippen molar-refractivity contribution in [3.05, 3.63) is 247 Å². The van der Waals surface area contributed by atoms with E-state index in [1.807, 2.05) is 0 Å². The third-order valence-electron chi connectivity index (χ3n) is 18.7. The highest BCUT2D eigenvalue weighted by Gasteiger charge is 2.30. The van der Waals surface area contributed by atoms with E-state index in [4.69, 9.17) is 9.98 Å². The number of fused-ring (bicyclic) bond motifs is 8. The lowest BCUT2D eigenvalue weighted by molar-refractivity contribution is 0.0682. The number of hydrogen-bond acceptors (Lipinski definition) is 18. The summed E-state index contributed by atoms with van der Waals surface area (Å²) in [6.07, 6.45) is -0.0815. The van der Waals surface area contributed by atoms with Gasteiger partial charge < -0.3 is 93.0 Å². The lowest BCUT2D eigenvalue weighted by atomic mass is 9.90. The van der Waals surface area contributed by atoms with Gasteiger partial charge in [-0.2, -0.15) is 0 Å². The van der Waals surface area contributed by atoms with E-state index >= 15 is 0 Å². The summed E-state index contributed by atoms with van der Waals surface area (Å²) in [5.74, 6) is -4.48. The largest absolute Gasteiger partial charge is 0.507 e. The van der Waals surface area contributed by atoms with Crippen molar-refractivity contribution >= 4 is 134 Å². The van der Waals surface area contributed by atoms with E-state index < -0.39 is 46.9 Å². The van der Waals surface area contributed by atoms with E-state index in [0.717, 1.165) is 86.8 Å². The fraction of sp³-hybridized carbons (Fsp3) is 0.175. The van der Waals surface area contributed by atoms with Gasteiger partial charge in [0.1, 0.15) is 66.9 Å². The zero-order chi connectivity index (χ0) is 71.6. The zero-order valence-corrected chi connectivity index (χ0v) is 59.7. The highest BCUT2D eigenvalue weighted by atomic mass is 32.1. The number of anilines is 4. The third kappa shape index (κ3) is 16.0. The molecule has 0 spiro atoms. The molecule has 2 saturated heterocycles. The molecule has 4 aliphatic heterocycles. The van der Waals surface area contributed by atoms with Crippen molar-refractivity contribution in [2.24, 2.45) is 9.98 Å². The summed E-state index contributed by atoms with van der Waals surface area (Å²) >= 11 is 3.61. The molecule has 4 aliphatic rings. The van der Waals surface area contributed by atoms with Crippen molar-refractivity contribution < 1.29 is 81.9 Å². The van der Waals surface area contributed by atoms with Gasteiger partial charge in [0.15, 0.2) is 0 Å². The molecule has 2 fully saturated rings. The number of phenols is 4. The van der Waals surface area contributed by atoms with Crippen LogP contribution in [0.3, 0.4) is 0 Å². The summed E-state index contributed by atoms with van der Waals surface area (Å²) in [5, 5.41) is 95.1. The highest BCUT2D eigenvalue weighted by Crippen LogP contribution is 2.44. The number of rotatable bonds is 8. The molecule has 10 aromatic carbocycles. The fourth-order valence-corrected chi connectivity index (χ4v) is 15.2. The number of carboxylic acid groups (broad SMARTS) is 4. The van der Waals surface area contributed by atoms with Crippen LogP contribution in [-0.2, 0) is 12.8 Å². The standard InChI is InChI=1S/2C23H16O6.2C17H20N4S.4H2O/c2*24-20-16(14-7-3-1-5-12(14)9-18(20)22(26)27)11-17-15-8-4-2-6-13(15)10-19(21(17)25)23(28)29;2*1-12-11-13-16(21-9-7-20(2)8-10-21)18-14-5-3-4-6-15(14)19-17(13)22-12;;;;/h2*1-10,24-25H,11H2,(H,26,27)(H,28,29);2*3-6,11,19H,7-10H2,1-2H3;4*1H2. The van der Waals surface area contributed by atoms with Gasteiger partial charge in [-0.25, -0.2) is 29.2 Å². The highest BCUT2D eigenvalue weighted by molar-refractivity contribution is 7.17. The van der Waals surface area contributed by atoms with E-state index in [1.165, 1.54) is 55.1 Å². The number of aliphatic imine (C=N–C) groups is 2. The number of piperazine rings is 2. The zero-order valence-electron chi connectivity index (χ0n) is 58.1. The van der Waals surface area contributed by atoms with Crippen molar-refractivity contribution in [3.8, 4) is 23.0 Å². The van der Waals surface area contributed by atoms with Gasteiger partial charge in [0.25, 0.3) is 0 Å². The Morgan fingerprint density at radius 1 is 0.377 bits per heavy atom. The summed E-state index contributed by atoms with van der Waals surface area (Å²) in [6, 6.07) is 54.7. The number of carbonyl (C=O) groups is 4. The maximum absolute atomic E-state index is 11.6. The molecule has 26 heteroatoms. The van der Waals surface area contributed by atoms with E-state index in [2.05, 4.69) is 119 Å². The number of aromatic hydroxyl groups is 4. The first-order chi connectivity index (χ1) is 49.2. The Balaban J connectivity index is 0.000000163. The van der Waals surface area contributed by atoms with Crippen molar-refractivity contribution in [2.75, 3.05) is 77.1 Å². The summed E-state index contributed by atoms with van der Waals surface area (Å²) < 4.78 is 0. The fourth-order valence-electron chi connectivity index (χ4n) is 13.4. The smallest absolute Gasteiger partial charge is 0.339 e. The van der Waals surface area contributed by atoms with Gasteiger partial charge in [-0.15, -0.1) is 22.7 Å². The topological polar surface area (TPSA) is 418 Å². The van der Waals surface area contributed by atoms with Crippen LogP contribution in [0.1, 0.15) is 84.6 Å². The Labute approximate surface area is 616 Å². The molecule has 12 aromatic rings. The number of likely N-dealkylation sites (N-methyl/N-ethyl adjacent to an activating group) is 2. The van der Waals surface area contributed by atoms with Gasteiger partial charge in [-0.05, 0) is 132 Å². The molecule has 18 N–H and O–H groups in total. The monoisotopic (exact) mass is 1470 g/mol. The molecule has 548 valence electrons. The lowest BCUT2D eigenvalue weighted by Gasteiger charge is -2.34. The van der Waals surface area contributed by atoms with Crippen LogP contribution in [0.5, 0.6) is 23.0 Å². The predicted octanol–water partition coefficient (Wildman–Crippen LogP) is 12.4. The average Bonchev–Trinajstić information content (AvgIpc) is 1.26. The molecule has 0 atom stereocenters. The van der Waals surface area contributed by atoms with Crippen molar-refractivity contribution in [3.63, 3.8) is 0 Å². The minimum atomic E-state index is -1.28. The molecule has 106 heavy (non-hydrogen) atoms. The second kappa shape index (κ2) is 33.2. The van der Waals surface area contributed by atoms with E-state index in [1.54, 1.807) is 120 Å². The molecule has 24 nitrogen and oxygen atoms in total. The molecule has 0 aliphatic carbocycles. The molecule has 6 heterocycles. The van der Waals surface area contributed by atoms with Crippen LogP contribution in [-0.4, -0.2) is 184 Å². The Morgan fingerprint density at radius 2 is 0.632 bits per heavy atom. The number of thiophene rings is 2. The second-order valence-electron chi connectivity index (χ2n) is 25.4. The number of aryl methyl sites for hydroxylation is 2. The van der Waals surface area contributed by atoms with Gasteiger partial charge in [-0.3, -0.25) is 0 Å². The number of amidine groups is 2. The maximum atomic E-state index is 11.6. The first kappa shape index (κ1) is 78.2. The summed E-state index contributed by atoms with van der Waals surface area (Å²) in [5.41, 5.74) is 6.94. The Kier molecular flexibility index (Phi) is 24.5. The molecule has 0 saturated carbocycles. The Hall–Kier alpha value is -12.0. The van der Waals surface area contributed by atoms with Crippen LogP contribution in [0.2, 0.25) is 0 Å². The van der Waals surface area contributed by atoms with Gasteiger partial charge >= 0.3 is 23.9 Å². The summed E-state index contributed by atoms with van der Waals surface area (Å²) in [6.45, 7) is 12.8. The van der Waals surface area contributed by atoms with Crippen molar-refractivity contribution in [1.82, 2.24) is 19.6 Å². The Morgan fingerprint density at radius 3 is 0.906 bits per heavy atom. The number of hydrogen-bond donors (Lipinski definition) is 10. The number of benzene rings is 10. The molecule has 2 aromatic heterocycles. The van der Waals surface area contributed by atoms with Crippen LogP contribution < -0.4 is 10.6 Å². The maximum Gasteiger partial charge on any atom is 0.339 e. The molecule has 0 unspecified atom stereocenters. The summed E-state index contributed by atoms with van der Waals surface area (Å²) in [7, 11) is 4.37. The van der Waals surface area contributed by atoms with E-state index in [-0.39, 0.29) is 57.0 Å². The van der Waals surface area contributed by atoms with Gasteiger partial charge in [0.05, 0.1) is 33.9 Å². The molecular weight excluding hydrogens is 1390 g/mol. The van der Waals surface area contributed by atoms with Crippen LogP contribution >= 0.6 is 22.7 Å². The predicted molar refractivity (Wildman–Crippen MR) is 418 cm³/mol. The normalized spacial score (nSPS) is 13.5. The van der Waals surface area contributed by atoms with Crippen LogP contribution in [0.4, 0.5) is 32.8 Å². The molecule has 0 amide bonds. The molecule has 16 rings (SSSR count). The van der Waals surface area contributed by atoms with Gasteiger partial charge in [-0.1, -0.05) is 121 Å². The first-order valence-electron chi connectivity index (χ1n) is 33.0. The lowest BCUT2D eigenvalue weighted by Crippen LogP contribution is -2.47. The SMILES string of the molecule is Cc1cc2c(s1)Nc1ccccc1N=C2N1CCN(C)CC1.Cc1cc2c(s1)Nc1ccccc1N=C2N1CCN(C)CC1.O.O.O.O.O=C(O)c1cc2ccccc2c(Cc2c(O)c(C(=O)O)cc3ccccc23)c1O.O=C(O)c1cc2ccccc2c(Cc2c(O)c(C(=O)O)cc3ccccc23)c1O. The summed E-state index contributed by atoms with van der Waals surface area (Å²) in [4.78, 5) is 68.7. The number of aromatic carboxylic acids is 4. The number of para-hydroxylation sites is 4. The van der Waals surface area contributed by atoms with Crippen LogP contribution in [0.15, 0.2) is 192 Å². The third-order valence-corrected chi connectivity index (χ3v) is 20.6.